The smallest absolute Gasteiger partial charge is 0.0781 e. The van der Waals surface area contributed by atoms with Gasteiger partial charge in [0.1, 0.15) is 0 Å². The molecule has 0 aliphatic carbocycles. The van der Waals surface area contributed by atoms with Gasteiger partial charge in [-0.2, -0.15) is 0 Å². The molecule has 4 nitrogen and oxygen atoms in total. The zero-order chi connectivity index (χ0) is 16.0. The standard InChI is InChI=1S/C16H38N2O2/c1-14(15(19)10-8-12-17(2,3)4)16(20)11-9-13-18(5,6)7/h14-16,19-20H,8-13H2,1-7H3/q+2. The molecule has 0 aliphatic heterocycles. The fourth-order valence-electron chi connectivity index (χ4n) is 2.33. The third kappa shape index (κ3) is 10.6. The highest BCUT2D eigenvalue weighted by Gasteiger charge is 2.23. The predicted octanol–water partition coefficient (Wildman–Crippen LogP) is 1.32. The third-order valence-corrected chi connectivity index (χ3v) is 3.87. The summed E-state index contributed by atoms with van der Waals surface area (Å²) in [6.07, 6.45) is 2.79. The molecule has 0 radical (unpaired) electrons. The topological polar surface area (TPSA) is 40.5 Å². The molecule has 0 amide bonds. The molecule has 0 saturated carbocycles. The lowest BCUT2D eigenvalue weighted by atomic mass is 9.92. The lowest BCUT2D eigenvalue weighted by Crippen LogP contribution is -2.37. The van der Waals surface area contributed by atoms with Crippen LogP contribution in [0.3, 0.4) is 0 Å². The van der Waals surface area contributed by atoms with Crippen molar-refractivity contribution < 1.29 is 19.2 Å². The molecular formula is C16H38N2O2+2. The van der Waals surface area contributed by atoms with E-state index in [1.807, 2.05) is 6.92 Å². The number of hydrogen-bond donors (Lipinski definition) is 2. The number of aliphatic hydroxyl groups excluding tert-OH is 2. The van der Waals surface area contributed by atoms with Crippen LogP contribution in [0.4, 0.5) is 0 Å². The maximum absolute atomic E-state index is 10.2. The maximum Gasteiger partial charge on any atom is 0.0781 e. The maximum atomic E-state index is 10.2. The molecule has 0 fully saturated rings. The summed E-state index contributed by atoms with van der Waals surface area (Å²) in [5.41, 5.74) is 0. The van der Waals surface area contributed by atoms with Crippen molar-refractivity contribution in [3.8, 4) is 0 Å². The summed E-state index contributed by atoms with van der Waals surface area (Å²) in [4.78, 5) is 0. The van der Waals surface area contributed by atoms with Crippen LogP contribution in [0.2, 0.25) is 0 Å². The van der Waals surface area contributed by atoms with E-state index in [1.54, 1.807) is 0 Å². The van der Waals surface area contributed by atoms with Crippen LogP contribution >= 0.6 is 0 Å². The first kappa shape index (κ1) is 19.8. The summed E-state index contributed by atoms with van der Waals surface area (Å²) < 4.78 is 1.85. The number of quaternary nitrogens is 2. The van der Waals surface area contributed by atoms with Gasteiger partial charge in [0.15, 0.2) is 0 Å². The average molecular weight is 290 g/mol. The highest BCUT2D eigenvalue weighted by molar-refractivity contribution is 4.72. The van der Waals surface area contributed by atoms with E-state index < -0.39 is 0 Å². The molecule has 0 aliphatic rings. The second-order valence-electron chi connectivity index (χ2n) is 8.31. The molecule has 4 heteroatoms. The van der Waals surface area contributed by atoms with Crippen LogP contribution in [-0.2, 0) is 0 Å². The summed E-state index contributed by atoms with van der Waals surface area (Å²) in [5, 5.41) is 20.3. The molecule has 0 bridgehead atoms. The van der Waals surface area contributed by atoms with Gasteiger partial charge in [-0.05, 0) is 25.7 Å². The van der Waals surface area contributed by atoms with Gasteiger partial charge < -0.3 is 19.2 Å². The number of rotatable bonds is 10. The van der Waals surface area contributed by atoms with Crippen LogP contribution in [0.5, 0.6) is 0 Å². The first-order chi connectivity index (χ1) is 8.92. The average Bonchev–Trinajstić information content (AvgIpc) is 2.24. The minimum Gasteiger partial charge on any atom is -0.393 e. The predicted molar refractivity (Wildman–Crippen MR) is 85.4 cm³/mol. The summed E-state index contributed by atoms with van der Waals surface area (Å²) in [6.45, 7) is 4.08. The normalized spacial score (nSPS) is 17.9. The quantitative estimate of drug-likeness (QED) is 0.596. The van der Waals surface area contributed by atoms with E-state index in [0.29, 0.717) is 0 Å². The van der Waals surface area contributed by atoms with Gasteiger partial charge in [-0.15, -0.1) is 0 Å². The van der Waals surface area contributed by atoms with Crippen LogP contribution < -0.4 is 0 Å². The number of aliphatic hydroxyl groups is 2. The summed E-state index contributed by atoms with van der Waals surface area (Å²) >= 11 is 0. The van der Waals surface area contributed by atoms with Gasteiger partial charge in [0.05, 0.1) is 67.6 Å². The monoisotopic (exact) mass is 290 g/mol. The van der Waals surface area contributed by atoms with Gasteiger partial charge in [0, 0.05) is 5.92 Å². The van der Waals surface area contributed by atoms with Crippen molar-refractivity contribution in [2.24, 2.45) is 5.92 Å². The molecule has 0 heterocycles. The highest BCUT2D eigenvalue weighted by Crippen LogP contribution is 2.18. The van der Waals surface area contributed by atoms with Crippen LogP contribution in [0.25, 0.3) is 0 Å². The largest absolute Gasteiger partial charge is 0.393 e. The molecule has 20 heavy (non-hydrogen) atoms. The Hall–Kier alpha value is -0.160. The molecule has 0 spiro atoms. The van der Waals surface area contributed by atoms with E-state index in [4.69, 9.17) is 0 Å². The number of nitrogens with zero attached hydrogens (tertiary/aromatic N) is 2. The highest BCUT2D eigenvalue weighted by atomic mass is 16.3. The number of hydrogen-bond acceptors (Lipinski definition) is 2. The molecule has 0 aromatic rings. The van der Waals surface area contributed by atoms with E-state index >= 15 is 0 Å². The summed E-state index contributed by atoms with van der Waals surface area (Å²) in [6, 6.07) is 0. The minimum atomic E-state index is -0.388. The Kier molecular flexibility index (Phi) is 8.26. The van der Waals surface area contributed by atoms with E-state index in [9.17, 15) is 10.2 Å². The van der Waals surface area contributed by atoms with Gasteiger partial charge in [-0.3, -0.25) is 0 Å². The Labute approximate surface area is 126 Å². The van der Waals surface area contributed by atoms with Crippen molar-refractivity contribution in [3.63, 3.8) is 0 Å². The summed E-state index contributed by atoms with van der Waals surface area (Å²) in [5.74, 6) is -0.0325. The molecule has 2 N–H and O–H groups in total. The first-order valence-corrected chi connectivity index (χ1v) is 7.89. The molecule has 0 saturated heterocycles. The fourth-order valence-corrected chi connectivity index (χ4v) is 2.33. The van der Waals surface area contributed by atoms with Crippen LogP contribution in [0, 0.1) is 5.92 Å². The van der Waals surface area contributed by atoms with Gasteiger partial charge >= 0.3 is 0 Å². The SMILES string of the molecule is CC(C(O)CCC[N+](C)(C)C)C(O)CCC[N+](C)(C)C. The molecule has 122 valence electrons. The van der Waals surface area contributed by atoms with Crippen molar-refractivity contribution in [2.75, 3.05) is 55.4 Å². The molecule has 0 aromatic carbocycles. The van der Waals surface area contributed by atoms with Gasteiger partial charge in [-0.1, -0.05) is 6.92 Å². The zero-order valence-electron chi connectivity index (χ0n) is 14.8. The van der Waals surface area contributed by atoms with Crippen LogP contribution in [0.15, 0.2) is 0 Å². The zero-order valence-corrected chi connectivity index (χ0v) is 14.8. The Morgan fingerprint density at radius 3 is 1.25 bits per heavy atom. The second kappa shape index (κ2) is 8.32. The molecule has 2 atom stereocenters. The molecular weight excluding hydrogens is 252 g/mol. The Balaban J connectivity index is 3.94. The van der Waals surface area contributed by atoms with Gasteiger partial charge in [-0.25, -0.2) is 0 Å². The molecule has 0 aromatic heterocycles. The van der Waals surface area contributed by atoms with Crippen molar-refractivity contribution >= 4 is 0 Å². The van der Waals surface area contributed by atoms with Gasteiger partial charge in [0.25, 0.3) is 0 Å². The van der Waals surface area contributed by atoms with E-state index in [1.165, 1.54) is 0 Å². The van der Waals surface area contributed by atoms with Crippen molar-refractivity contribution in [1.29, 1.82) is 0 Å². The lowest BCUT2D eigenvalue weighted by molar-refractivity contribution is -0.870. The molecule has 0 rings (SSSR count). The van der Waals surface area contributed by atoms with Crippen LogP contribution in [0.1, 0.15) is 32.6 Å². The molecule has 2 unspecified atom stereocenters. The second-order valence-corrected chi connectivity index (χ2v) is 8.31. The van der Waals surface area contributed by atoms with Crippen molar-refractivity contribution in [1.82, 2.24) is 0 Å². The third-order valence-electron chi connectivity index (χ3n) is 3.87. The van der Waals surface area contributed by atoms with E-state index in [2.05, 4.69) is 42.3 Å². The lowest BCUT2D eigenvalue weighted by Gasteiger charge is -2.28. The fraction of sp³-hybridized carbons (Fsp3) is 1.00. The minimum absolute atomic E-state index is 0.0325. The van der Waals surface area contributed by atoms with Crippen molar-refractivity contribution in [3.05, 3.63) is 0 Å². The van der Waals surface area contributed by atoms with Crippen molar-refractivity contribution in [2.45, 2.75) is 44.8 Å². The Morgan fingerprint density at radius 1 is 0.700 bits per heavy atom. The van der Waals surface area contributed by atoms with E-state index in [-0.39, 0.29) is 18.1 Å². The Morgan fingerprint density at radius 2 is 1.00 bits per heavy atom. The van der Waals surface area contributed by atoms with Gasteiger partial charge in [0.2, 0.25) is 0 Å². The Bertz CT molecular complexity index is 230. The first-order valence-electron chi connectivity index (χ1n) is 7.89. The summed E-state index contributed by atoms with van der Waals surface area (Å²) in [7, 11) is 13.0. The van der Waals surface area contributed by atoms with E-state index in [0.717, 1.165) is 47.7 Å². The van der Waals surface area contributed by atoms with Crippen LogP contribution in [-0.4, -0.2) is 86.8 Å².